The quantitative estimate of drug-likeness (QED) is 0.398. The highest BCUT2D eigenvalue weighted by Crippen LogP contribution is 2.49. The van der Waals surface area contributed by atoms with Gasteiger partial charge in [0.25, 0.3) is 0 Å². The Kier molecular flexibility index (Phi) is 7.35. The number of hydrogen-bond acceptors (Lipinski definition) is 4. The average molecular weight is 507 g/mol. The van der Waals surface area contributed by atoms with Gasteiger partial charge in [0.15, 0.2) is 0 Å². The van der Waals surface area contributed by atoms with E-state index in [1.54, 1.807) is 36.9 Å². The molecule has 1 saturated heterocycles. The van der Waals surface area contributed by atoms with Gasteiger partial charge in [0, 0.05) is 29.7 Å². The van der Waals surface area contributed by atoms with Gasteiger partial charge < -0.3 is 4.90 Å². The van der Waals surface area contributed by atoms with Gasteiger partial charge in [-0.1, -0.05) is 66.7 Å². The zero-order chi connectivity index (χ0) is 24.3. The molecule has 2 aliphatic heterocycles. The molecule has 0 saturated carbocycles. The predicted octanol–water partition coefficient (Wildman–Crippen LogP) is 5.62. The number of thioether (sulfide) groups is 1. The molecule has 35 heavy (non-hydrogen) atoms. The molecule has 0 amide bonds. The molecular weight excluding hydrogens is 472 g/mol. The summed E-state index contributed by atoms with van der Waals surface area (Å²) in [6, 6.07) is 28.1. The van der Waals surface area contributed by atoms with Crippen molar-refractivity contribution in [2.24, 2.45) is 0 Å². The van der Waals surface area contributed by atoms with Crippen molar-refractivity contribution >= 4 is 21.8 Å². The van der Waals surface area contributed by atoms with Gasteiger partial charge >= 0.3 is 0 Å². The second-order valence-electron chi connectivity index (χ2n) is 9.90. The molecule has 5 rings (SSSR count). The third-order valence-corrected chi connectivity index (χ3v) is 11.0. The number of hydrogen-bond donors (Lipinski definition) is 0. The fourth-order valence-corrected chi connectivity index (χ4v) is 8.28. The van der Waals surface area contributed by atoms with E-state index in [2.05, 4.69) is 41.3 Å². The Morgan fingerprint density at radius 1 is 0.914 bits per heavy atom. The standard InChI is InChI=1S/C29H34N2O2S2/c1-30(35(32,33)26-12-6-3-7-13-26)22-25(24-10-4-2-5-11-24)16-19-31-20-17-29(18-21-31)23-34-28-15-9-8-14-27(28)29/h2-15,25H,16-23H2,1H3/t25-/m1/s1. The molecule has 1 atom stereocenters. The maximum atomic E-state index is 13.2. The van der Waals surface area contributed by atoms with Gasteiger partial charge in [0.1, 0.15) is 0 Å². The molecule has 184 valence electrons. The van der Waals surface area contributed by atoms with Crippen molar-refractivity contribution in [3.63, 3.8) is 0 Å². The molecule has 3 aromatic rings. The molecule has 0 N–H and O–H groups in total. The molecule has 0 bridgehead atoms. The number of likely N-dealkylation sites (tertiary alicyclic amines) is 1. The summed E-state index contributed by atoms with van der Waals surface area (Å²) in [5.41, 5.74) is 3.09. The molecule has 3 aromatic carbocycles. The van der Waals surface area contributed by atoms with E-state index in [0.29, 0.717) is 16.9 Å². The van der Waals surface area contributed by atoms with Crippen LogP contribution >= 0.6 is 11.8 Å². The lowest BCUT2D eigenvalue weighted by Gasteiger charge is -2.40. The SMILES string of the molecule is CN(C[C@@H](CCN1CCC2(CC1)CSc1ccccc12)c1ccccc1)S(=O)(=O)c1ccccc1. The van der Waals surface area contributed by atoms with E-state index in [1.807, 2.05) is 36.0 Å². The Bertz CT molecular complexity index is 1220. The number of benzene rings is 3. The number of nitrogens with zero attached hydrogens (tertiary/aromatic N) is 2. The number of likely N-dealkylation sites (N-methyl/N-ethyl adjacent to an activating group) is 1. The van der Waals surface area contributed by atoms with Crippen molar-refractivity contribution in [2.45, 2.75) is 40.4 Å². The number of rotatable bonds is 8. The van der Waals surface area contributed by atoms with Gasteiger partial charge in [-0.25, -0.2) is 12.7 Å². The van der Waals surface area contributed by atoms with Gasteiger partial charge in [0.05, 0.1) is 4.90 Å². The van der Waals surface area contributed by atoms with Crippen LogP contribution < -0.4 is 0 Å². The van der Waals surface area contributed by atoms with Gasteiger partial charge in [-0.05, 0) is 74.1 Å². The summed E-state index contributed by atoms with van der Waals surface area (Å²) in [6.45, 7) is 3.68. The highest BCUT2D eigenvalue weighted by atomic mass is 32.2. The Morgan fingerprint density at radius 3 is 2.26 bits per heavy atom. The Labute approximate surface area is 214 Å². The summed E-state index contributed by atoms with van der Waals surface area (Å²) in [5, 5.41) is 0. The van der Waals surface area contributed by atoms with Crippen LogP contribution in [-0.2, 0) is 15.4 Å². The minimum atomic E-state index is -3.51. The molecule has 2 heterocycles. The van der Waals surface area contributed by atoms with Crippen LogP contribution in [0, 0.1) is 0 Å². The largest absolute Gasteiger partial charge is 0.303 e. The maximum Gasteiger partial charge on any atom is 0.242 e. The van der Waals surface area contributed by atoms with Gasteiger partial charge in [-0.2, -0.15) is 0 Å². The van der Waals surface area contributed by atoms with Gasteiger partial charge in [-0.15, -0.1) is 11.8 Å². The lowest BCUT2D eigenvalue weighted by Crippen LogP contribution is -2.43. The smallest absolute Gasteiger partial charge is 0.242 e. The topological polar surface area (TPSA) is 40.6 Å². The molecule has 2 aliphatic rings. The highest BCUT2D eigenvalue weighted by Gasteiger charge is 2.41. The predicted molar refractivity (Wildman–Crippen MR) is 145 cm³/mol. The molecule has 6 heteroatoms. The van der Waals surface area contributed by atoms with E-state index in [-0.39, 0.29) is 5.92 Å². The van der Waals surface area contributed by atoms with E-state index in [9.17, 15) is 8.42 Å². The van der Waals surface area contributed by atoms with Crippen LogP contribution in [0.2, 0.25) is 0 Å². The first kappa shape index (κ1) is 24.6. The first-order valence-electron chi connectivity index (χ1n) is 12.5. The summed E-state index contributed by atoms with van der Waals surface area (Å²) >= 11 is 2.02. The number of fused-ring (bicyclic) bond motifs is 2. The summed E-state index contributed by atoms with van der Waals surface area (Å²) in [4.78, 5) is 4.40. The lowest BCUT2D eigenvalue weighted by atomic mass is 9.74. The van der Waals surface area contributed by atoms with Crippen LogP contribution in [0.4, 0.5) is 0 Å². The second-order valence-corrected chi connectivity index (χ2v) is 13.0. The summed E-state index contributed by atoms with van der Waals surface area (Å²) < 4.78 is 27.9. The fraction of sp³-hybridized carbons (Fsp3) is 0.379. The molecule has 1 spiro atoms. The van der Waals surface area contributed by atoms with Crippen molar-refractivity contribution in [1.29, 1.82) is 0 Å². The Morgan fingerprint density at radius 2 is 1.54 bits per heavy atom. The van der Waals surface area contributed by atoms with Crippen LogP contribution in [0.25, 0.3) is 0 Å². The molecule has 4 nitrogen and oxygen atoms in total. The second kappa shape index (κ2) is 10.5. The Hall–Kier alpha value is -2.12. The van der Waals surface area contributed by atoms with Crippen molar-refractivity contribution < 1.29 is 8.42 Å². The first-order valence-corrected chi connectivity index (χ1v) is 14.9. The zero-order valence-corrected chi connectivity index (χ0v) is 22.0. The van der Waals surface area contributed by atoms with E-state index < -0.39 is 10.0 Å². The molecule has 0 unspecified atom stereocenters. The highest BCUT2D eigenvalue weighted by molar-refractivity contribution is 7.99. The van der Waals surface area contributed by atoms with Gasteiger partial charge in [0.2, 0.25) is 10.0 Å². The lowest BCUT2D eigenvalue weighted by molar-refractivity contribution is 0.166. The van der Waals surface area contributed by atoms with Crippen LogP contribution in [0.5, 0.6) is 0 Å². The van der Waals surface area contributed by atoms with Crippen LogP contribution in [0.1, 0.15) is 36.3 Å². The third kappa shape index (κ3) is 5.21. The van der Waals surface area contributed by atoms with E-state index >= 15 is 0 Å². The monoisotopic (exact) mass is 506 g/mol. The van der Waals surface area contributed by atoms with Crippen molar-refractivity contribution in [3.8, 4) is 0 Å². The summed E-state index contributed by atoms with van der Waals surface area (Å²) in [7, 11) is -1.80. The zero-order valence-electron chi connectivity index (χ0n) is 20.3. The molecule has 0 aliphatic carbocycles. The van der Waals surface area contributed by atoms with Crippen LogP contribution in [-0.4, -0.2) is 56.6 Å². The third-order valence-electron chi connectivity index (χ3n) is 7.77. The van der Waals surface area contributed by atoms with Crippen LogP contribution in [0.15, 0.2) is 94.7 Å². The van der Waals surface area contributed by atoms with E-state index in [4.69, 9.17) is 0 Å². The van der Waals surface area contributed by atoms with Crippen molar-refractivity contribution in [3.05, 3.63) is 96.1 Å². The molecule has 1 fully saturated rings. The van der Waals surface area contributed by atoms with Crippen molar-refractivity contribution in [1.82, 2.24) is 9.21 Å². The van der Waals surface area contributed by atoms with Crippen LogP contribution in [0.3, 0.4) is 0 Å². The molecule has 0 aromatic heterocycles. The number of sulfonamides is 1. The first-order chi connectivity index (χ1) is 17.0. The minimum Gasteiger partial charge on any atom is -0.303 e. The fourth-order valence-electron chi connectivity index (χ4n) is 5.55. The van der Waals surface area contributed by atoms with E-state index in [1.165, 1.54) is 33.4 Å². The summed E-state index contributed by atoms with van der Waals surface area (Å²) in [5.74, 6) is 1.35. The Balaban J connectivity index is 1.24. The summed E-state index contributed by atoms with van der Waals surface area (Å²) in [6.07, 6.45) is 3.35. The van der Waals surface area contributed by atoms with E-state index in [0.717, 1.165) is 26.1 Å². The van der Waals surface area contributed by atoms with Crippen molar-refractivity contribution in [2.75, 3.05) is 39.0 Å². The van der Waals surface area contributed by atoms with Gasteiger partial charge in [-0.3, -0.25) is 0 Å². The number of piperidine rings is 1. The maximum absolute atomic E-state index is 13.2. The molecular formula is C29H34N2O2S2. The minimum absolute atomic E-state index is 0.151. The average Bonchev–Trinajstić information content (AvgIpc) is 3.26. The molecule has 0 radical (unpaired) electrons. The normalized spacial score (nSPS) is 18.6.